The van der Waals surface area contributed by atoms with Crippen LogP contribution in [0.1, 0.15) is 38.9 Å². The molecule has 0 amide bonds. The van der Waals surface area contributed by atoms with Crippen LogP contribution in [0, 0.1) is 6.20 Å². The van der Waals surface area contributed by atoms with Gasteiger partial charge in [0, 0.05) is 18.2 Å². The van der Waals surface area contributed by atoms with Gasteiger partial charge in [-0.25, -0.2) is 8.42 Å². The van der Waals surface area contributed by atoms with Crippen molar-refractivity contribution in [3.63, 3.8) is 0 Å². The molecule has 1 radical (unpaired) electrons. The summed E-state index contributed by atoms with van der Waals surface area (Å²) in [5.41, 5.74) is 1.18. The zero-order valence-corrected chi connectivity index (χ0v) is 11.5. The van der Waals surface area contributed by atoms with Gasteiger partial charge in [0.05, 0.1) is 29.3 Å². The average Bonchev–Trinajstić information content (AvgIpc) is 2.16. The topological polar surface area (TPSA) is 68.3 Å². The zero-order valence-electron chi connectivity index (χ0n) is 10.7. The lowest BCUT2D eigenvalue weighted by Gasteiger charge is -2.29. The molecule has 1 N–H and O–H groups in total. The van der Waals surface area contributed by atoms with Gasteiger partial charge in [-0.2, -0.15) is 0 Å². The highest BCUT2D eigenvalue weighted by Crippen LogP contribution is 2.34. The molecule has 0 saturated carbocycles. The standard InChI is InChI=1S/C12H17N2O3S/c1-12(2,3)18(15,16)14-10-4-6-13-8-9(10)11-5-7-17-11/h4,6,11H,5,7H2,1-3H3,(H,13,14). The summed E-state index contributed by atoms with van der Waals surface area (Å²) < 4.78 is 31.3. The van der Waals surface area contributed by atoms with Gasteiger partial charge in [-0.3, -0.25) is 9.71 Å². The molecule has 0 aliphatic carbocycles. The van der Waals surface area contributed by atoms with Crippen molar-refractivity contribution in [1.82, 2.24) is 4.98 Å². The monoisotopic (exact) mass is 269 g/mol. The fourth-order valence-corrected chi connectivity index (χ4v) is 2.24. The minimum atomic E-state index is -3.44. The highest BCUT2D eigenvalue weighted by atomic mass is 32.2. The van der Waals surface area contributed by atoms with E-state index in [-0.39, 0.29) is 6.10 Å². The lowest BCUT2D eigenvalue weighted by Crippen LogP contribution is -2.34. The van der Waals surface area contributed by atoms with Crippen LogP contribution in [0.5, 0.6) is 0 Å². The van der Waals surface area contributed by atoms with E-state index in [9.17, 15) is 8.42 Å². The highest BCUT2D eigenvalue weighted by molar-refractivity contribution is 7.94. The van der Waals surface area contributed by atoms with Gasteiger partial charge in [0.25, 0.3) is 0 Å². The second kappa shape index (κ2) is 4.51. The van der Waals surface area contributed by atoms with Crippen LogP contribution < -0.4 is 4.72 Å². The molecule has 2 heterocycles. The van der Waals surface area contributed by atoms with Gasteiger partial charge >= 0.3 is 0 Å². The number of hydrogen-bond donors (Lipinski definition) is 1. The Kier molecular flexibility index (Phi) is 3.33. The van der Waals surface area contributed by atoms with E-state index in [2.05, 4.69) is 15.9 Å². The number of anilines is 1. The van der Waals surface area contributed by atoms with E-state index in [1.807, 2.05) is 0 Å². The molecule has 1 fully saturated rings. The largest absolute Gasteiger partial charge is 0.373 e. The molecule has 6 heteroatoms. The molecule has 18 heavy (non-hydrogen) atoms. The first-order chi connectivity index (χ1) is 8.31. The van der Waals surface area contributed by atoms with Crippen molar-refractivity contribution in [2.24, 2.45) is 0 Å². The van der Waals surface area contributed by atoms with E-state index in [0.717, 1.165) is 6.42 Å². The van der Waals surface area contributed by atoms with Gasteiger partial charge in [0.2, 0.25) is 10.0 Å². The maximum Gasteiger partial charge on any atom is 0.237 e. The van der Waals surface area contributed by atoms with E-state index in [4.69, 9.17) is 4.74 Å². The molecular weight excluding hydrogens is 252 g/mol. The fourth-order valence-electron chi connectivity index (χ4n) is 1.46. The van der Waals surface area contributed by atoms with Gasteiger partial charge < -0.3 is 4.74 Å². The Hall–Kier alpha value is -1.14. The smallest absolute Gasteiger partial charge is 0.237 e. The molecule has 0 aromatic carbocycles. The predicted octanol–water partition coefficient (Wildman–Crippen LogP) is 1.88. The predicted molar refractivity (Wildman–Crippen MR) is 68.7 cm³/mol. The Morgan fingerprint density at radius 1 is 1.50 bits per heavy atom. The minimum absolute atomic E-state index is 0.101. The summed E-state index contributed by atoms with van der Waals surface area (Å²) in [7, 11) is -3.44. The van der Waals surface area contributed by atoms with E-state index in [1.54, 1.807) is 26.8 Å². The first-order valence-electron chi connectivity index (χ1n) is 5.82. The zero-order chi connectivity index (χ0) is 13.4. The van der Waals surface area contributed by atoms with Crippen LogP contribution in [0.15, 0.2) is 12.3 Å². The summed E-state index contributed by atoms with van der Waals surface area (Å²) >= 11 is 0. The van der Waals surface area contributed by atoms with Crippen molar-refractivity contribution in [3.05, 3.63) is 24.0 Å². The van der Waals surface area contributed by atoms with E-state index < -0.39 is 14.8 Å². The second-order valence-electron chi connectivity index (χ2n) is 5.25. The number of ether oxygens (including phenoxy) is 1. The molecule has 1 aliphatic rings. The Morgan fingerprint density at radius 3 is 2.67 bits per heavy atom. The van der Waals surface area contributed by atoms with Gasteiger partial charge in [-0.1, -0.05) is 0 Å². The number of nitrogens with zero attached hydrogens (tertiary/aromatic N) is 1. The quantitative estimate of drug-likeness (QED) is 0.909. The Labute approximate surface area is 108 Å². The molecule has 0 spiro atoms. The van der Waals surface area contributed by atoms with Crippen LogP contribution in [0.4, 0.5) is 5.69 Å². The van der Waals surface area contributed by atoms with Crippen molar-refractivity contribution in [3.8, 4) is 0 Å². The van der Waals surface area contributed by atoms with Crippen LogP contribution in [0.3, 0.4) is 0 Å². The maximum atomic E-state index is 12.1. The fraction of sp³-hybridized carbons (Fsp3) is 0.583. The number of hydrogen-bond acceptors (Lipinski definition) is 4. The first-order valence-corrected chi connectivity index (χ1v) is 7.30. The molecule has 0 bridgehead atoms. The summed E-state index contributed by atoms with van der Waals surface area (Å²) in [6.45, 7) is 5.65. The highest BCUT2D eigenvalue weighted by Gasteiger charge is 2.31. The molecule has 1 aromatic heterocycles. The van der Waals surface area contributed by atoms with Gasteiger partial charge in [-0.15, -0.1) is 0 Å². The maximum absolute atomic E-state index is 12.1. The number of nitrogens with one attached hydrogen (secondary N) is 1. The summed E-state index contributed by atoms with van der Waals surface area (Å²) in [5, 5.41) is 0. The van der Waals surface area contributed by atoms with Gasteiger partial charge in [-0.05, 0) is 26.8 Å². The molecule has 99 valence electrons. The molecule has 5 nitrogen and oxygen atoms in total. The number of pyridine rings is 1. The van der Waals surface area contributed by atoms with Crippen molar-refractivity contribution in [2.75, 3.05) is 11.3 Å². The molecule has 1 atom stereocenters. The molecule has 1 aliphatic heterocycles. The Morgan fingerprint density at radius 2 is 2.17 bits per heavy atom. The van der Waals surface area contributed by atoms with Crippen LogP contribution >= 0.6 is 0 Å². The summed E-state index contributed by atoms with van der Waals surface area (Å²) in [6, 6.07) is 1.64. The number of rotatable bonds is 3. The van der Waals surface area contributed by atoms with Crippen molar-refractivity contribution in [1.29, 1.82) is 0 Å². The lowest BCUT2D eigenvalue weighted by molar-refractivity contribution is -0.0525. The lowest BCUT2D eigenvalue weighted by atomic mass is 10.0. The van der Waals surface area contributed by atoms with E-state index in [0.29, 0.717) is 17.9 Å². The van der Waals surface area contributed by atoms with Crippen LogP contribution in [0.2, 0.25) is 0 Å². The van der Waals surface area contributed by atoms with Crippen LogP contribution in [-0.4, -0.2) is 24.8 Å². The third-order valence-electron chi connectivity index (χ3n) is 2.86. The van der Waals surface area contributed by atoms with E-state index in [1.165, 1.54) is 6.20 Å². The van der Waals surface area contributed by atoms with Gasteiger partial charge in [0.15, 0.2) is 0 Å². The summed E-state index contributed by atoms with van der Waals surface area (Å²) in [4.78, 5) is 3.90. The minimum Gasteiger partial charge on any atom is -0.373 e. The number of aromatic nitrogens is 1. The summed E-state index contributed by atoms with van der Waals surface area (Å²) in [5.74, 6) is 0. The van der Waals surface area contributed by atoms with E-state index >= 15 is 0 Å². The van der Waals surface area contributed by atoms with Crippen molar-refractivity contribution >= 4 is 15.7 Å². The SMILES string of the molecule is CC(C)(C)S(=O)(=O)Nc1ccn[c]c1C1CCO1. The normalized spacial score (nSPS) is 20.3. The molecule has 1 unspecified atom stereocenters. The third-order valence-corrected chi connectivity index (χ3v) is 4.96. The van der Waals surface area contributed by atoms with Crippen molar-refractivity contribution < 1.29 is 13.2 Å². The van der Waals surface area contributed by atoms with Crippen LogP contribution in [-0.2, 0) is 14.8 Å². The van der Waals surface area contributed by atoms with Gasteiger partial charge in [0.1, 0.15) is 0 Å². The summed E-state index contributed by atoms with van der Waals surface area (Å²) in [6.07, 6.45) is 5.09. The molecule has 1 aromatic rings. The second-order valence-corrected chi connectivity index (χ2v) is 7.69. The van der Waals surface area contributed by atoms with Crippen LogP contribution in [0.25, 0.3) is 0 Å². The first kappa shape index (κ1) is 13.3. The molecular formula is C12H17N2O3S. The average molecular weight is 269 g/mol. The Bertz CT molecular complexity index is 530. The number of sulfonamides is 1. The molecule has 2 rings (SSSR count). The third kappa shape index (κ3) is 2.49. The van der Waals surface area contributed by atoms with Crippen molar-refractivity contribution in [2.45, 2.75) is 38.0 Å². The molecule has 1 saturated heterocycles. The Balaban J connectivity index is 2.29.